The summed E-state index contributed by atoms with van der Waals surface area (Å²) in [5.74, 6) is -1.21. The highest BCUT2D eigenvalue weighted by atomic mass is 19.1. The minimum Gasteiger partial charge on any atom is -0.320 e. The van der Waals surface area contributed by atoms with E-state index in [1.807, 2.05) is 31.2 Å². The van der Waals surface area contributed by atoms with E-state index >= 15 is 0 Å². The number of halogens is 2. The Kier molecular flexibility index (Phi) is 3.20. The molecule has 1 atom stereocenters. The summed E-state index contributed by atoms with van der Waals surface area (Å²) >= 11 is 0. The Balaban J connectivity index is 2.43. The van der Waals surface area contributed by atoms with Crippen molar-refractivity contribution in [1.82, 2.24) is 0 Å². The highest BCUT2D eigenvalue weighted by molar-refractivity contribution is 5.36. The van der Waals surface area contributed by atoms with Crippen LogP contribution in [-0.2, 0) is 0 Å². The molecule has 0 aliphatic rings. The van der Waals surface area contributed by atoms with Gasteiger partial charge >= 0.3 is 0 Å². The van der Waals surface area contributed by atoms with E-state index in [0.717, 1.165) is 17.2 Å². The lowest BCUT2D eigenvalue weighted by Gasteiger charge is -2.15. The molecular formula is C14H13F2N. The predicted octanol–water partition coefficient (Wildman–Crippen LogP) is 3.32. The van der Waals surface area contributed by atoms with Gasteiger partial charge in [-0.3, -0.25) is 0 Å². The van der Waals surface area contributed by atoms with E-state index in [1.165, 1.54) is 12.1 Å². The molecule has 2 aromatic rings. The van der Waals surface area contributed by atoms with Crippen LogP contribution in [0.15, 0.2) is 42.5 Å². The molecule has 0 spiro atoms. The maximum absolute atomic E-state index is 13.1. The number of aryl methyl sites for hydroxylation is 1. The van der Waals surface area contributed by atoms with Gasteiger partial charge in [-0.25, -0.2) is 8.78 Å². The number of hydrogen-bond acceptors (Lipinski definition) is 1. The summed E-state index contributed by atoms with van der Waals surface area (Å²) in [6, 6.07) is 10.4. The van der Waals surface area contributed by atoms with Crippen molar-refractivity contribution in [3.05, 3.63) is 70.8 Å². The first-order valence-corrected chi connectivity index (χ1v) is 5.35. The van der Waals surface area contributed by atoms with Crippen LogP contribution in [0.5, 0.6) is 0 Å². The SMILES string of the molecule is Cc1ccccc1C(N)c1cc(F)cc(F)c1. The van der Waals surface area contributed by atoms with E-state index in [4.69, 9.17) is 5.73 Å². The van der Waals surface area contributed by atoms with Gasteiger partial charge in [-0.05, 0) is 35.7 Å². The van der Waals surface area contributed by atoms with Crippen LogP contribution in [-0.4, -0.2) is 0 Å². The molecule has 0 amide bonds. The fourth-order valence-corrected chi connectivity index (χ4v) is 1.87. The van der Waals surface area contributed by atoms with Crippen molar-refractivity contribution in [2.75, 3.05) is 0 Å². The fraction of sp³-hybridized carbons (Fsp3) is 0.143. The summed E-state index contributed by atoms with van der Waals surface area (Å²) in [6.07, 6.45) is 0. The predicted molar refractivity (Wildman–Crippen MR) is 63.6 cm³/mol. The average Bonchev–Trinajstić information content (AvgIpc) is 2.27. The van der Waals surface area contributed by atoms with Gasteiger partial charge in [0.1, 0.15) is 11.6 Å². The van der Waals surface area contributed by atoms with Gasteiger partial charge in [0.2, 0.25) is 0 Å². The largest absolute Gasteiger partial charge is 0.320 e. The zero-order valence-corrected chi connectivity index (χ0v) is 9.45. The van der Waals surface area contributed by atoms with Crippen molar-refractivity contribution in [2.24, 2.45) is 5.73 Å². The van der Waals surface area contributed by atoms with Crippen molar-refractivity contribution in [3.63, 3.8) is 0 Å². The molecule has 1 unspecified atom stereocenters. The number of hydrogen-bond donors (Lipinski definition) is 1. The second-order valence-corrected chi connectivity index (χ2v) is 4.04. The van der Waals surface area contributed by atoms with Crippen LogP contribution in [0.25, 0.3) is 0 Å². The van der Waals surface area contributed by atoms with E-state index < -0.39 is 17.7 Å². The quantitative estimate of drug-likeness (QED) is 0.846. The highest BCUT2D eigenvalue weighted by Crippen LogP contribution is 2.23. The maximum atomic E-state index is 13.1. The molecule has 0 heterocycles. The van der Waals surface area contributed by atoms with Gasteiger partial charge in [-0.2, -0.15) is 0 Å². The third-order valence-electron chi connectivity index (χ3n) is 2.77. The van der Waals surface area contributed by atoms with E-state index in [2.05, 4.69) is 0 Å². The molecule has 2 N–H and O–H groups in total. The molecule has 0 aliphatic heterocycles. The Bertz CT molecular complexity index is 517. The normalized spacial score (nSPS) is 12.5. The van der Waals surface area contributed by atoms with Crippen LogP contribution in [0, 0.1) is 18.6 Å². The first kappa shape index (κ1) is 11.7. The third kappa shape index (κ3) is 2.50. The monoisotopic (exact) mass is 233 g/mol. The molecule has 0 bridgehead atoms. The van der Waals surface area contributed by atoms with Crippen molar-refractivity contribution < 1.29 is 8.78 Å². The van der Waals surface area contributed by atoms with Crippen LogP contribution in [0.3, 0.4) is 0 Å². The average molecular weight is 233 g/mol. The second kappa shape index (κ2) is 4.63. The van der Waals surface area contributed by atoms with Gasteiger partial charge in [0, 0.05) is 6.07 Å². The van der Waals surface area contributed by atoms with Crippen molar-refractivity contribution in [1.29, 1.82) is 0 Å². The Labute approximate surface area is 98.9 Å². The summed E-state index contributed by atoms with van der Waals surface area (Å²) in [7, 11) is 0. The van der Waals surface area contributed by atoms with Crippen molar-refractivity contribution in [3.8, 4) is 0 Å². The Morgan fingerprint density at radius 1 is 1.00 bits per heavy atom. The van der Waals surface area contributed by atoms with Crippen molar-refractivity contribution >= 4 is 0 Å². The summed E-state index contributed by atoms with van der Waals surface area (Å²) in [6.45, 7) is 1.92. The number of benzene rings is 2. The molecular weight excluding hydrogens is 220 g/mol. The lowest BCUT2D eigenvalue weighted by atomic mass is 9.96. The molecule has 0 aliphatic carbocycles. The topological polar surface area (TPSA) is 26.0 Å². The van der Waals surface area contributed by atoms with Gasteiger partial charge in [0.05, 0.1) is 6.04 Å². The second-order valence-electron chi connectivity index (χ2n) is 4.04. The molecule has 0 saturated carbocycles. The molecule has 0 saturated heterocycles. The van der Waals surface area contributed by atoms with Crippen LogP contribution in [0.2, 0.25) is 0 Å². The van der Waals surface area contributed by atoms with Gasteiger partial charge in [-0.1, -0.05) is 24.3 Å². The van der Waals surface area contributed by atoms with Gasteiger partial charge in [0.15, 0.2) is 0 Å². The zero-order valence-electron chi connectivity index (χ0n) is 9.45. The van der Waals surface area contributed by atoms with Crippen LogP contribution in [0.1, 0.15) is 22.7 Å². The third-order valence-corrected chi connectivity index (χ3v) is 2.77. The van der Waals surface area contributed by atoms with Crippen molar-refractivity contribution in [2.45, 2.75) is 13.0 Å². The summed E-state index contributed by atoms with van der Waals surface area (Å²) in [4.78, 5) is 0. The molecule has 2 aromatic carbocycles. The lowest BCUT2D eigenvalue weighted by molar-refractivity contribution is 0.577. The molecule has 17 heavy (non-hydrogen) atoms. The van der Waals surface area contributed by atoms with Gasteiger partial charge < -0.3 is 5.73 Å². The number of nitrogens with two attached hydrogens (primary N) is 1. The fourth-order valence-electron chi connectivity index (χ4n) is 1.87. The highest BCUT2D eigenvalue weighted by Gasteiger charge is 2.12. The van der Waals surface area contributed by atoms with Crippen LogP contribution < -0.4 is 5.73 Å². The minimum atomic E-state index is -0.607. The lowest BCUT2D eigenvalue weighted by Crippen LogP contribution is -2.13. The maximum Gasteiger partial charge on any atom is 0.126 e. The van der Waals surface area contributed by atoms with Gasteiger partial charge in [-0.15, -0.1) is 0 Å². The molecule has 88 valence electrons. The van der Waals surface area contributed by atoms with E-state index in [-0.39, 0.29) is 0 Å². The Hall–Kier alpha value is -1.74. The number of rotatable bonds is 2. The molecule has 0 radical (unpaired) electrons. The van der Waals surface area contributed by atoms with Crippen LogP contribution >= 0.6 is 0 Å². The molecule has 3 heteroatoms. The van der Waals surface area contributed by atoms with E-state index in [9.17, 15) is 8.78 Å². The smallest absolute Gasteiger partial charge is 0.126 e. The summed E-state index contributed by atoms with van der Waals surface area (Å²) < 4.78 is 26.2. The first-order chi connectivity index (χ1) is 8.08. The zero-order chi connectivity index (χ0) is 12.4. The first-order valence-electron chi connectivity index (χ1n) is 5.35. The summed E-state index contributed by atoms with van der Waals surface area (Å²) in [5.41, 5.74) is 8.34. The van der Waals surface area contributed by atoms with Gasteiger partial charge in [0.25, 0.3) is 0 Å². The van der Waals surface area contributed by atoms with E-state index in [0.29, 0.717) is 5.56 Å². The summed E-state index contributed by atoms with van der Waals surface area (Å²) in [5, 5.41) is 0. The molecule has 2 rings (SSSR count). The standard InChI is InChI=1S/C14H13F2N/c1-9-4-2-3-5-13(9)14(17)10-6-11(15)8-12(16)7-10/h2-8,14H,17H2,1H3. The molecule has 0 fully saturated rings. The molecule has 1 nitrogen and oxygen atoms in total. The minimum absolute atomic E-state index is 0.441. The Morgan fingerprint density at radius 2 is 1.59 bits per heavy atom. The molecule has 0 aromatic heterocycles. The van der Waals surface area contributed by atoms with Crippen LogP contribution in [0.4, 0.5) is 8.78 Å². The van der Waals surface area contributed by atoms with E-state index in [1.54, 1.807) is 0 Å². The Morgan fingerprint density at radius 3 is 2.18 bits per heavy atom.